The second-order valence-electron chi connectivity index (χ2n) is 17.8. The molecular weight excluding hydrogens is 739 g/mol. The molecule has 0 aromatic carbocycles. The summed E-state index contributed by atoms with van der Waals surface area (Å²) in [6.07, 6.45) is 37.7. The van der Waals surface area contributed by atoms with Gasteiger partial charge in [-0.3, -0.25) is 14.5 Å². The third kappa shape index (κ3) is 32.4. The first-order chi connectivity index (χ1) is 28.8. The lowest BCUT2D eigenvalue weighted by molar-refractivity contribution is -0.150. The molecule has 1 heterocycles. The van der Waals surface area contributed by atoms with Crippen LogP contribution in [0.25, 0.3) is 0 Å². The van der Waals surface area contributed by atoms with Gasteiger partial charge in [-0.05, 0) is 70.6 Å². The maximum absolute atomic E-state index is 13.1. The number of aromatic nitrogens is 2. The van der Waals surface area contributed by atoms with Crippen molar-refractivity contribution in [3.05, 3.63) is 18.7 Å². The highest BCUT2D eigenvalue weighted by atomic mass is 16.5. The van der Waals surface area contributed by atoms with Crippen molar-refractivity contribution in [1.82, 2.24) is 14.5 Å². The first kappa shape index (κ1) is 55.0. The molecule has 0 saturated heterocycles. The Bertz CT molecular complexity index is 993. The number of carbonyl (C=O) groups excluding carboxylic acids is 2. The summed E-state index contributed by atoms with van der Waals surface area (Å²) >= 11 is 0. The summed E-state index contributed by atoms with van der Waals surface area (Å²) in [7, 11) is 0. The Morgan fingerprint density at radius 3 is 1.29 bits per heavy atom. The Labute approximate surface area is 363 Å². The highest BCUT2D eigenvalue weighted by Gasteiger charge is 2.21. The molecule has 1 aromatic rings. The van der Waals surface area contributed by atoms with E-state index in [0.717, 1.165) is 96.6 Å². The van der Waals surface area contributed by atoms with E-state index in [2.05, 4.69) is 42.1 Å². The third-order valence-electron chi connectivity index (χ3n) is 12.0. The number of rotatable bonds is 44. The molecule has 9 nitrogen and oxygen atoms in total. The number of esters is 2. The number of nitrogens with zero attached hydrogens (tertiary/aromatic N) is 3. The van der Waals surface area contributed by atoms with Crippen LogP contribution >= 0.6 is 0 Å². The van der Waals surface area contributed by atoms with E-state index in [-0.39, 0.29) is 23.8 Å². The predicted octanol–water partition coefficient (Wildman–Crippen LogP) is 12.4. The van der Waals surface area contributed by atoms with Crippen molar-refractivity contribution in [3.8, 4) is 0 Å². The van der Waals surface area contributed by atoms with Gasteiger partial charge in [-0.2, -0.15) is 0 Å². The molecule has 0 fully saturated rings. The standard InChI is InChI=1S/C50H95N3O6/c1-5-9-13-17-19-23-32-45(30-21-15-11-7-3)49(56)58-40-27-25-34-47(54)42-53(38-29-37-52-39-36-51-44-52)43-48(55)35-26-28-41-59-50(57)46(31-22-16-12-8-4)33-24-20-18-14-10-6-2/h36,39,44-48,54-55H,5-35,37-38,40-43H2,1-4H3/t45?,46?,47-,48?/m1/s1. The van der Waals surface area contributed by atoms with E-state index in [4.69, 9.17) is 9.47 Å². The number of aliphatic hydroxyl groups is 2. The average molecular weight is 834 g/mol. The maximum atomic E-state index is 13.1. The number of aliphatic hydroxyl groups excluding tert-OH is 2. The second kappa shape index (κ2) is 40.1. The van der Waals surface area contributed by atoms with Crippen molar-refractivity contribution in [3.63, 3.8) is 0 Å². The van der Waals surface area contributed by atoms with Crippen LogP contribution in [0, 0.1) is 11.8 Å². The molecule has 0 aliphatic heterocycles. The van der Waals surface area contributed by atoms with E-state index < -0.39 is 12.2 Å². The van der Waals surface area contributed by atoms with Crippen molar-refractivity contribution in [1.29, 1.82) is 0 Å². The SMILES string of the molecule is CCCCCCCCC(CCCCCC)C(=O)OCCCCC(O)CN(CCCn1ccnc1)C[C@H](O)CCCCOC(=O)C(CCCCCC)CCCCCCCC. The molecule has 0 aliphatic rings. The minimum atomic E-state index is -0.518. The van der Waals surface area contributed by atoms with Crippen LogP contribution in [0.2, 0.25) is 0 Å². The maximum Gasteiger partial charge on any atom is 0.308 e. The summed E-state index contributed by atoms with van der Waals surface area (Å²) in [5.41, 5.74) is 0. The van der Waals surface area contributed by atoms with Crippen molar-refractivity contribution < 1.29 is 29.3 Å². The van der Waals surface area contributed by atoms with E-state index in [1.165, 1.54) is 103 Å². The monoisotopic (exact) mass is 834 g/mol. The van der Waals surface area contributed by atoms with Gasteiger partial charge in [0.15, 0.2) is 0 Å². The van der Waals surface area contributed by atoms with Gasteiger partial charge in [-0.15, -0.1) is 0 Å². The lowest BCUT2D eigenvalue weighted by Gasteiger charge is -2.27. The molecule has 346 valence electrons. The quantitative estimate of drug-likeness (QED) is 0.0493. The zero-order chi connectivity index (χ0) is 43.0. The van der Waals surface area contributed by atoms with Crippen LogP contribution in [-0.4, -0.2) is 81.7 Å². The molecule has 9 heteroatoms. The predicted molar refractivity (Wildman–Crippen MR) is 245 cm³/mol. The minimum absolute atomic E-state index is 0.0122. The van der Waals surface area contributed by atoms with Gasteiger partial charge < -0.3 is 24.3 Å². The number of hydrogen-bond acceptors (Lipinski definition) is 8. The molecule has 0 saturated carbocycles. The van der Waals surface area contributed by atoms with Gasteiger partial charge in [-0.25, -0.2) is 4.98 Å². The summed E-state index contributed by atoms with van der Waals surface area (Å²) in [5.74, 6) is -0.0362. The van der Waals surface area contributed by atoms with Gasteiger partial charge in [0.2, 0.25) is 0 Å². The normalized spacial score (nSPS) is 13.7. The van der Waals surface area contributed by atoms with Crippen LogP contribution in [0.1, 0.15) is 227 Å². The van der Waals surface area contributed by atoms with Crippen molar-refractivity contribution in [2.45, 2.75) is 245 Å². The van der Waals surface area contributed by atoms with E-state index >= 15 is 0 Å². The Hall–Kier alpha value is -1.97. The van der Waals surface area contributed by atoms with Crippen molar-refractivity contribution in [2.75, 3.05) is 32.8 Å². The van der Waals surface area contributed by atoms with Gasteiger partial charge >= 0.3 is 11.9 Å². The fourth-order valence-corrected chi connectivity index (χ4v) is 8.21. The summed E-state index contributed by atoms with van der Waals surface area (Å²) in [6, 6.07) is 0. The van der Waals surface area contributed by atoms with Gasteiger partial charge in [-0.1, -0.05) is 156 Å². The van der Waals surface area contributed by atoms with Crippen LogP contribution < -0.4 is 0 Å². The van der Waals surface area contributed by atoms with Crippen LogP contribution in [0.3, 0.4) is 0 Å². The molecule has 1 rings (SSSR count). The fourth-order valence-electron chi connectivity index (χ4n) is 8.21. The van der Waals surface area contributed by atoms with E-state index in [9.17, 15) is 19.8 Å². The third-order valence-corrected chi connectivity index (χ3v) is 12.0. The highest BCUT2D eigenvalue weighted by molar-refractivity contribution is 5.72. The van der Waals surface area contributed by atoms with Crippen molar-refractivity contribution >= 4 is 11.9 Å². The number of ether oxygens (including phenoxy) is 2. The molecule has 4 atom stereocenters. The summed E-state index contributed by atoms with van der Waals surface area (Å²) in [5, 5.41) is 22.1. The number of aryl methyl sites for hydroxylation is 1. The van der Waals surface area contributed by atoms with Crippen LogP contribution in [-0.2, 0) is 25.6 Å². The number of hydrogen-bond donors (Lipinski definition) is 2. The minimum Gasteiger partial charge on any atom is -0.465 e. The molecule has 0 bridgehead atoms. The van der Waals surface area contributed by atoms with Gasteiger partial charge in [0.05, 0.1) is 43.6 Å². The molecule has 3 unspecified atom stereocenters. The molecule has 1 aromatic heterocycles. The molecule has 0 aliphatic carbocycles. The topological polar surface area (TPSA) is 114 Å². The molecular formula is C50H95N3O6. The molecule has 2 N–H and O–H groups in total. The summed E-state index contributed by atoms with van der Waals surface area (Å²) in [6.45, 7) is 12.3. The smallest absolute Gasteiger partial charge is 0.308 e. The number of imidazole rings is 1. The van der Waals surface area contributed by atoms with E-state index in [1.807, 2.05) is 12.5 Å². The Kier molecular flexibility index (Phi) is 37.4. The lowest BCUT2D eigenvalue weighted by atomic mass is 9.94. The molecule has 0 amide bonds. The van der Waals surface area contributed by atoms with Crippen molar-refractivity contribution in [2.24, 2.45) is 11.8 Å². The first-order valence-electron chi connectivity index (χ1n) is 25.2. The highest BCUT2D eigenvalue weighted by Crippen LogP contribution is 2.22. The Balaban J connectivity index is 2.51. The van der Waals surface area contributed by atoms with Crippen LogP contribution in [0.15, 0.2) is 18.7 Å². The lowest BCUT2D eigenvalue weighted by Crippen LogP contribution is -2.39. The largest absolute Gasteiger partial charge is 0.465 e. The van der Waals surface area contributed by atoms with Gasteiger partial charge in [0.25, 0.3) is 0 Å². The molecule has 59 heavy (non-hydrogen) atoms. The van der Waals surface area contributed by atoms with Gasteiger partial charge in [0, 0.05) is 38.6 Å². The average Bonchev–Trinajstić information content (AvgIpc) is 3.75. The molecule has 0 spiro atoms. The van der Waals surface area contributed by atoms with Gasteiger partial charge in [0.1, 0.15) is 0 Å². The molecule has 0 radical (unpaired) electrons. The van der Waals surface area contributed by atoms with E-state index in [0.29, 0.717) is 39.1 Å². The Morgan fingerprint density at radius 1 is 0.525 bits per heavy atom. The summed E-state index contributed by atoms with van der Waals surface area (Å²) in [4.78, 5) is 32.5. The number of unbranched alkanes of at least 4 members (excludes halogenated alkanes) is 18. The zero-order valence-corrected chi connectivity index (χ0v) is 39.1. The van der Waals surface area contributed by atoms with Crippen LogP contribution in [0.4, 0.5) is 0 Å². The summed E-state index contributed by atoms with van der Waals surface area (Å²) < 4.78 is 13.6. The number of carbonyl (C=O) groups is 2. The van der Waals surface area contributed by atoms with Crippen LogP contribution in [0.5, 0.6) is 0 Å². The fraction of sp³-hybridized carbons (Fsp3) is 0.900. The second-order valence-corrected chi connectivity index (χ2v) is 17.8. The zero-order valence-electron chi connectivity index (χ0n) is 39.1. The van der Waals surface area contributed by atoms with E-state index in [1.54, 1.807) is 6.20 Å². The Morgan fingerprint density at radius 2 is 0.898 bits per heavy atom. The first-order valence-corrected chi connectivity index (χ1v) is 25.2.